The summed E-state index contributed by atoms with van der Waals surface area (Å²) in [6, 6.07) is 5.07. The van der Waals surface area contributed by atoms with Crippen LogP contribution in [0.5, 0.6) is 5.75 Å². The van der Waals surface area contributed by atoms with Crippen molar-refractivity contribution >= 4 is 22.8 Å². The standard InChI is InChI=1S/C11H8ClN5O2/c1-19-8-3-2-6(12)4-7(8)17-10-9(15-16-17)11(18)14-5-13-10/h2-5H,1H3,(H,13,14,18). The van der Waals surface area contributed by atoms with E-state index in [0.717, 1.165) is 0 Å². The summed E-state index contributed by atoms with van der Waals surface area (Å²) in [6.45, 7) is 0. The lowest BCUT2D eigenvalue weighted by atomic mass is 10.3. The number of halogens is 1. The first-order valence-electron chi connectivity index (χ1n) is 5.33. The highest BCUT2D eigenvalue weighted by atomic mass is 35.5. The Labute approximate surface area is 111 Å². The van der Waals surface area contributed by atoms with Crippen molar-refractivity contribution in [2.45, 2.75) is 0 Å². The maximum absolute atomic E-state index is 11.6. The van der Waals surface area contributed by atoms with E-state index in [-0.39, 0.29) is 11.1 Å². The van der Waals surface area contributed by atoms with E-state index in [0.29, 0.717) is 22.1 Å². The van der Waals surface area contributed by atoms with E-state index in [1.807, 2.05) is 0 Å². The molecule has 2 heterocycles. The molecule has 0 radical (unpaired) electrons. The lowest BCUT2D eigenvalue weighted by Gasteiger charge is -2.08. The first-order chi connectivity index (χ1) is 9.20. The second-order valence-corrected chi connectivity index (χ2v) is 4.16. The molecule has 2 aromatic heterocycles. The molecule has 8 heteroatoms. The number of aromatic nitrogens is 5. The summed E-state index contributed by atoms with van der Waals surface area (Å²) >= 11 is 5.97. The van der Waals surface area contributed by atoms with Crippen molar-refractivity contribution in [3.05, 3.63) is 39.9 Å². The Hall–Kier alpha value is -2.41. The Kier molecular flexibility index (Phi) is 2.68. The summed E-state index contributed by atoms with van der Waals surface area (Å²) in [5.74, 6) is 0.554. The summed E-state index contributed by atoms with van der Waals surface area (Å²) in [4.78, 5) is 18.1. The molecule has 0 bridgehead atoms. The van der Waals surface area contributed by atoms with Gasteiger partial charge in [0, 0.05) is 5.02 Å². The maximum atomic E-state index is 11.6. The number of nitrogens with one attached hydrogen (secondary N) is 1. The minimum atomic E-state index is -0.350. The monoisotopic (exact) mass is 277 g/mol. The predicted molar refractivity (Wildman–Crippen MR) is 68.8 cm³/mol. The fraction of sp³-hybridized carbons (Fsp3) is 0.0909. The summed E-state index contributed by atoms with van der Waals surface area (Å²) in [7, 11) is 1.53. The smallest absolute Gasteiger partial charge is 0.280 e. The molecular formula is C11H8ClN5O2. The fourth-order valence-electron chi connectivity index (χ4n) is 1.75. The van der Waals surface area contributed by atoms with E-state index in [2.05, 4.69) is 20.3 Å². The highest BCUT2D eigenvalue weighted by Gasteiger charge is 2.14. The lowest BCUT2D eigenvalue weighted by molar-refractivity contribution is 0.411. The quantitative estimate of drug-likeness (QED) is 0.760. The van der Waals surface area contributed by atoms with Crippen molar-refractivity contribution in [1.82, 2.24) is 25.0 Å². The second kappa shape index (κ2) is 4.36. The van der Waals surface area contributed by atoms with Crippen LogP contribution in [-0.2, 0) is 0 Å². The van der Waals surface area contributed by atoms with Crippen molar-refractivity contribution in [2.75, 3.05) is 7.11 Å². The molecule has 0 unspecified atom stereocenters. The van der Waals surface area contributed by atoms with Gasteiger partial charge in [-0.05, 0) is 18.2 Å². The third-order valence-electron chi connectivity index (χ3n) is 2.61. The summed E-state index contributed by atoms with van der Waals surface area (Å²) in [6.07, 6.45) is 1.29. The summed E-state index contributed by atoms with van der Waals surface area (Å²) in [5.41, 5.74) is 0.710. The Balaban J connectivity index is 2.33. The Morgan fingerprint density at radius 3 is 3.05 bits per heavy atom. The van der Waals surface area contributed by atoms with E-state index in [1.165, 1.54) is 18.1 Å². The van der Waals surface area contributed by atoms with E-state index >= 15 is 0 Å². The number of aromatic amines is 1. The van der Waals surface area contributed by atoms with Crippen LogP contribution in [0.1, 0.15) is 0 Å². The van der Waals surface area contributed by atoms with Gasteiger partial charge in [0.1, 0.15) is 11.4 Å². The fourth-order valence-corrected chi connectivity index (χ4v) is 1.92. The second-order valence-electron chi connectivity index (χ2n) is 3.72. The van der Waals surface area contributed by atoms with Gasteiger partial charge < -0.3 is 9.72 Å². The number of hydrogen-bond acceptors (Lipinski definition) is 5. The number of hydrogen-bond donors (Lipinski definition) is 1. The van der Waals surface area contributed by atoms with Crippen LogP contribution in [0, 0.1) is 0 Å². The van der Waals surface area contributed by atoms with Crippen LogP contribution in [0.25, 0.3) is 16.9 Å². The molecule has 3 rings (SSSR count). The van der Waals surface area contributed by atoms with Crippen LogP contribution in [0.3, 0.4) is 0 Å². The molecule has 1 N–H and O–H groups in total. The van der Waals surface area contributed by atoms with Gasteiger partial charge in [-0.2, -0.15) is 4.68 Å². The Morgan fingerprint density at radius 2 is 2.26 bits per heavy atom. The average molecular weight is 278 g/mol. The third-order valence-corrected chi connectivity index (χ3v) is 2.85. The molecule has 96 valence electrons. The number of methoxy groups -OCH3 is 1. The SMILES string of the molecule is COc1ccc(Cl)cc1-n1nnc2c(=O)[nH]cnc21. The van der Waals surface area contributed by atoms with Crippen molar-refractivity contribution in [3.8, 4) is 11.4 Å². The van der Waals surface area contributed by atoms with E-state index in [4.69, 9.17) is 16.3 Å². The van der Waals surface area contributed by atoms with E-state index in [1.54, 1.807) is 18.2 Å². The summed E-state index contributed by atoms with van der Waals surface area (Å²) < 4.78 is 6.65. The molecule has 0 atom stereocenters. The van der Waals surface area contributed by atoms with Gasteiger partial charge in [-0.15, -0.1) is 5.10 Å². The number of rotatable bonds is 2. The highest BCUT2D eigenvalue weighted by Crippen LogP contribution is 2.26. The van der Waals surface area contributed by atoms with Crippen molar-refractivity contribution in [1.29, 1.82) is 0 Å². The molecule has 0 aliphatic heterocycles. The van der Waals surface area contributed by atoms with Gasteiger partial charge in [-0.3, -0.25) is 4.79 Å². The van der Waals surface area contributed by atoms with Crippen LogP contribution in [0.2, 0.25) is 5.02 Å². The van der Waals surface area contributed by atoms with E-state index < -0.39 is 0 Å². The number of nitrogens with zero attached hydrogens (tertiary/aromatic N) is 4. The molecule has 0 amide bonds. The van der Waals surface area contributed by atoms with Crippen LogP contribution < -0.4 is 10.3 Å². The van der Waals surface area contributed by atoms with Crippen molar-refractivity contribution in [2.24, 2.45) is 0 Å². The maximum Gasteiger partial charge on any atom is 0.280 e. The molecular weight excluding hydrogens is 270 g/mol. The number of ether oxygens (including phenoxy) is 1. The van der Waals surface area contributed by atoms with Gasteiger partial charge in [0.2, 0.25) is 0 Å². The van der Waals surface area contributed by atoms with Gasteiger partial charge in [0.15, 0.2) is 11.2 Å². The van der Waals surface area contributed by atoms with Crippen molar-refractivity contribution in [3.63, 3.8) is 0 Å². The predicted octanol–water partition coefficient (Wildman–Crippen LogP) is 1.17. The molecule has 19 heavy (non-hydrogen) atoms. The van der Waals surface area contributed by atoms with Gasteiger partial charge in [0.05, 0.1) is 13.4 Å². The van der Waals surface area contributed by atoms with Crippen molar-refractivity contribution < 1.29 is 4.74 Å². The summed E-state index contributed by atoms with van der Waals surface area (Å²) in [5, 5.41) is 8.25. The minimum absolute atomic E-state index is 0.157. The number of benzene rings is 1. The van der Waals surface area contributed by atoms with Crippen LogP contribution >= 0.6 is 11.6 Å². The molecule has 0 aliphatic rings. The normalized spacial score (nSPS) is 10.8. The largest absolute Gasteiger partial charge is 0.494 e. The molecule has 1 aromatic carbocycles. The zero-order valence-electron chi connectivity index (χ0n) is 9.79. The van der Waals surface area contributed by atoms with Gasteiger partial charge >= 0.3 is 0 Å². The zero-order chi connectivity index (χ0) is 13.4. The lowest BCUT2D eigenvalue weighted by Crippen LogP contribution is -2.07. The van der Waals surface area contributed by atoms with E-state index in [9.17, 15) is 4.79 Å². The topological polar surface area (TPSA) is 85.7 Å². The zero-order valence-corrected chi connectivity index (χ0v) is 10.5. The first kappa shape index (κ1) is 11.7. The molecule has 3 aromatic rings. The highest BCUT2D eigenvalue weighted by molar-refractivity contribution is 6.30. The first-order valence-corrected chi connectivity index (χ1v) is 5.71. The molecule has 0 fully saturated rings. The van der Waals surface area contributed by atoms with Gasteiger partial charge in [-0.25, -0.2) is 4.98 Å². The molecule has 0 spiro atoms. The third kappa shape index (κ3) is 1.84. The molecule has 7 nitrogen and oxygen atoms in total. The number of H-pyrrole nitrogens is 1. The molecule has 0 aliphatic carbocycles. The van der Waals surface area contributed by atoms with Gasteiger partial charge in [0.25, 0.3) is 5.56 Å². The molecule has 0 saturated carbocycles. The van der Waals surface area contributed by atoms with Crippen LogP contribution in [-0.4, -0.2) is 32.1 Å². The minimum Gasteiger partial charge on any atom is -0.494 e. The molecule has 0 saturated heterocycles. The van der Waals surface area contributed by atoms with Crippen LogP contribution in [0.15, 0.2) is 29.3 Å². The average Bonchev–Trinajstić information content (AvgIpc) is 2.84. The van der Waals surface area contributed by atoms with Crippen LogP contribution in [0.4, 0.5) is 0 Å². The Morgan fingerprint density at radius 1 is 1.42 bits per heavy atom. The van der Waals surface area contributed by atoms with Gasteiger partial charge in [-0.1, -0.05) is 16.8 Å². The number of fused-ring (bicyclic) bond motifs is 1. The Bertz CT molecular complexity index is 810.